The zero-order chi connectivity index (χ0) is 26.6. The largest absolute Gasteiger partial charge is 0.375 e. The summed E-state index contributed by atoms with van der Waals surface area (Å²) in [4.78, 5) is 13.6. The molecular formula is C29H23ClN2O4S. The summed E-state index contributed by atoms with van der Waals surface area (Å²) < 4.78 is 23.4. The van der Waals surface area contributed by atoms with Crippen LogP contribution in [0.25, 0.3) is 11.1 Å². The summed E-state index contributed by atoms with van der Waals surface area (Å²) in [6, 6.07) is 29.1. The molecule has 0 aliphatic heterocycles. The van der Waals surface area contributed by atoms with E-state index in [1.807, 2.05) is 30.3 Å². The van der Waals surface area contributed by atoms with E-state index in [0.717, 1.165) is 22.9 Å². The summed E-state index contributed by atoms with van der Waals surface area (Å²) in [5.74, 6) is -0.639. The number of halogens is 1. The van der Waals surface area contributed by atoms with Gasteiger partial charge in [0.05, 0.1) is 15.5 Å². The van der Waals surface area contributed by atoms with Crippen LogP contribution in [-0.2, 0) is 26.7 Å². The fraction of sp³-hybridized carbons (Fsp3) is 0.103. The lowest BCUT2D eigenvalue weighted by Gasteiger charge is -2.28. The maximum Gasteiger partial charge on any atom is 0.261 e. The number of hydrogen-bond donors (Lipinski definition) is 2. The Morgan fingerprint density at radius 3 is 2.08 bits per heavy atom. The number of nitriles is 1. The van der Waals surface area contributed by atoms with Crippen LogP contribution in [0.1, 0.15) is 16.7 Å². The number of hydrogen-bond acceptors (Lipinski definition) is 5. The van der Waals surface area contributed by atoms with Crippen molar-refractivity contribution in [2.75, 3.05) is 11.6 Å². The van der Waals surface area contributed by atoms with Crippen LogP contribution in [0.4, 0.5) is 5.69 Å². The van der Waals surface area contributed by atoms with Gasteiger partial charge in [0.1, 0.15) is 6.07 Å². The van der Waals surface area contributed by atoms with Gasteiger partial charge in [-0.25, -0.2) is 8.42 Å². The molecule has 4 aromatic rings. The average molecular weight is 531 g/mol. The van der Waals surface area contributed by atoms with Crippen LogP contribution in [-0.4, -0.2) is 25.7 Å². The van der Waals surface area contributed by atoms with Crippen molar-refractivity contribution in [3.05, 3.63) is 119 Å². The van der Waals surface area contributed by atoms with Gasteiger partial charge in [0.15, 0.2) is 15.4 Å². The van der Waals surface area contributed by atoms with Crippen molar-refractivity contribution in [2.24, 2.45) is 0 Å². The fourth-order valence-electron chi connectivity index (χ4n) is 3.95. The first-order chi connectivity index (χ1) is 17.6. The number of carbonyl (C=O) groups is 1. The minimum atomic E-state index is -3.28. The quantitative estimate of drug-likeness (QED) is 0.335. The topological polar surface area (TPSA) is 107 Å². The molecule has 0 spiro atoms. The molecule has 1 amide bonds. The lowest BCUT2D eigenvalue weighted by atomic mass is 9.86. The smallest absolute Gasteiger partial charge is 0.261 e. The Bertz CT molecular complexity index is 1580. The van der Waals surface area contributed by atoms with E-state index in [-0.39, 0.29) is 21.9 Å². The monoisotopic (exact) mass is 530 g/mol. The molecule has 0 aliphatic carbocycles. The summed E-state index contributed by atoms with van der Waals surface area (Å²) in [5.41, 5.74) is 1.60. The molecule has 4 rings (SSSR count). The summed E-state index contributed by atoms with van der Waals surface area (Å²) in [6.07, 6.45) is 1.16. The maximum absolute atomic E-state index is 13.4. The van der Waals surface area contributed by atoms with E-state index in [4.69, 9.17) is 16.9 Å². The van der Waals surface area contributed by atoms with Crippen molar-refractivity contribution in [2.45, 2.75) is 16.9 Å². The molecule has 0 bridgehead atoms. The standard InChI is InChI=1S/C29H23ClN2O4S/c1-37(35,36)26-15-12-22(13-16-26)21-9-7-20(8-10-21)18-29(34,24-5-3-2-4-6-24)28(33)32-25-14-11-23(19-31)27(30)17-25/h2-17,34H,18H2,1H3,(H,32,33). The summed E-state index contributed by atoms with van der Waals surface area (Å²) in [5, 5.41) is 23.7. The normalized spacial score (nSPS) is 12.8. The van der Waals surface area contributed by atoms with Gasteiger partial charge in [-0.3, -0.25) is 4.79 Å². The second-order valence-electron chi connectivity index (χ2n) is 8.66. The molecule has 0 aromatic heterocycles. The maximum atomic E-state index is 13.4. The highest BCUT2D eigenvalue weighted by atomic mass is 35.5. The van der Waals surface area contributed by atoms with Crippen LogP contribution in [0.15, 0.2) is 102 Å². The van der Waals surface area contributed by atoms with Crippen LogP contribution in [0, 0.1) is 11.3 Å². The molecule has 186 valence electrons. The second kappa shape index (κ2) is 10.6. The highest BCUT2D eigenvalue weighted by Crippen LogP contribution is 2.30. The molecule has 0 fully saturated rings. The van der Waals surface area contributed by atoms with Crippen LogP contribution >= 0.6 is 11.6 Å². The predicted octanol–water partition coefficient (Wildman–Crippen LogP) is 5.35. The third kappa shape index (κ3) is 5.89. The Labute approximate surface area is 220 Å². The Kier molecular flexibility index (Phi) is 7.46. The number of aliphatic hydroxyl groups is 1. The van der Waals surface area contributed by atoms with Crippen molar-refractivity contribution in [1.29, 1.82) is 5.26 Å². The first-order valence-corrected chi connectivity index (χ1v) is 13.6. The van der Waals surface area contributed by atoms with E-state index in [9.17, 15) is 18.3 Å². The van der Waals surface area contributed by atoms with E-state index in [1.54, 1.807) is 60.7 Å². The summed E-state index contributed by atoms with van der Waals surface area (Å²) in [7, 11) is -3.28. The van der Waals surface area contributed by atoms with Crippen LogP contribution in [0.2, 0.25) is 5.02 Å². The fourth-order valence-corrected chi connectivity index (χ4v) is 4.80. The first kappa shape index (κ1) is 26.1. The predicted molar refractivity (Wildman–Crippen MR) is 144 cm³/mol. The number of amides is 1. The van der Waals surface area contributed by atoms with E-state index in [0.29, 0.717) is 11.3 Å². The zero-order valence-corrected chi connectivity index (χ0v) is 21.4. The molecule has 6 nitrogen and oxygen atoms in total. The first-order valence-electron chi connectivity index (χ1n) is 11.3. The van der Waals surface area contributed by atoms with Gasteiger partial charge in [-0.1, -0.05) is 78.3 Å². The van der Waals surface area contributed by atoms with Gasteiger partial charge in [0, 0.05) is 18.4 Å². The van der Waals surface area contributed by atoms with E-state index in [2.05, 4.69) is 5.32 Å². The molecule has 0 saturated heterocycles. The summed E-state index contributed by atoms with van der Waals surface area (Å²) >= 11 is 6.10. The van der Waals surface area contributed by atoms with Gasteiger partial charge in [-0.15, -0.1) is 0 Å². The molecule has 37 heavy (non-hydrogen) atoms. The lowest BCUT2D eigenvalue weighted by molar-refractivity contribution is -0.135. The van der Waals surface area contributed by atoms with Crippen LogP contribution < -0.4 is 5.32 Å². The van der Waals surface area contributed by atoms with E-state index in [1.165, 1.54) is 12.1 Å². The minimum Gasteiger partial charge on any atom is -0.375 e. The van der Waals surface area contributed by atoms with E-state index < -0.39 is 21.3 Å². The average Bonchev–Trinajstić information content (AvgIpc) is 2.89. The van der Waals surface area contributed by atoms with Crippen molar-refractivity contribution < 1.29 is 18.3 Å². The number of benzene rings is 4. The molecular weight excluding hydrogens is 508 g/mol. The second-order valence-corrected chi connectivity index (χ2v) is 11.1. The number of anilines is 1. The Morgan fingerprint density at radius 1 is 0.946 bits per heavy atom. The SMILES string of the molecule is CS(=O)(=O)c1ccc(-c2ccc(CC(O)(C(=O)Nc3ccc(C#N)c(Cl)c3)c3ccccc3)cc2)cc1. The molecule has 0 radical (unpaired) electrons. The molecule has 0 heterocycles. The third-order valence-corrected chi connectivity index (χ3v) is 7.45. The van der Waals surface area contributed by atoms with Crippen molar-refractivity contribution in [3.8, 4) is 17.2 Å². The number of rotatable bonds is 7. The van der Waals surface area contributed by atoms with Crippen molar-refractivity contribution in [3.63, 3.8) is 0 Å². The van der Waals surface area contributed by atoms with Crippen LogP contribution in [0.5, 0.6) is 0 Å². The van der Waals surface area contributed by atoms with Crippen molar-refractivity contribution >= 4 is 33.0 Å². The van der Waals surface area contributed by atoms with Gasteiger partial charge < -0.3 is 10.4 Å². The number of nitrogens with zero attached hydrogens (tertiary/aromatic N) is 1. The highest BCUT2D eigenvalue weighted by molar-refractivity contribution is 7.90. The number of sulfone groups is 1. The molecule has 1 atom stereocenters. The molecule has 1 unspecified atom stereocenters. The molecule has 8 heteroatoms. The lowest BCUT2D eigenvalue weighted by Crippen LogP contribution is -2.42. The van der Waals surface area contributed by atoms with Gasteiger partial charge in [0.25, 0.3) is 5.91 Å². The minimum absolute atomic E-state index is 0.000153. The molecule has 4 aromatic carbocycles. The molecule has 0 aliphatic rings. The molecule has 0 saturated carbocycles. The van der Waals surface area contributed by atoms with Gasteiger partial charge in [-0.05, 0) is 52.6 Å². The third-order valence-electron chi connectivity index (χ3n) is 6.00. The zero-order valence-electron chi connectivity index (χ0n) is 19.9. The van der Waals surface area contributed by atoms with Gasteiger partial charge in [0.2, 0.25) is 0 Å². The Morgan fingerprint density at radius 2 is 1.54 bits per heavy atom. The Balaban J connectivity index is 1.60. The van der Waals surface area contributed by atoms with Gasteiger partial charge >= 0.3 is 0 Å². The summed E-state index contributed by atoms with van der Waals surface area (Å²) in [6.45, 7) is 0. The van der Waals surface area contributed by atoms with Gasteiger partial charge in [-0.2, -0.15) is 5.26 Å². The van der Waals surface area contributed by atoms with E-state index >= 15 is 0 Å². The van der Waals surface area contributed by atoms with Crippen LogP contribution in [0.3, 0.4) is 0 Å². The molecule has 2 N–H and O–H groups in total. The Hall–Kier alpha value is -3.96. The highest BCUT2D eigenvalue weighted by Gasteiger charge is 2.38. The van der Waals surface area contributed by atoms with Crippen molar-refractivity contribution in [1.82, 2.24) is 0 Å². The number of carbonyl (C=O) groups excluding carboxylic acids is 1. The number of nitrogens with one attached hydrogen (secondary N) is 1.